The van der Waals surface area contributed by atoms with Crippen LogP contribution in [0, 0.1) is 0 Å². The molecule has 1 nitrogen and oxygen atoms in total. The second kappa shape index (κ2) is 2.93. The van der Waals surface area contributed by atoms with Crippen molar-refractivity contribution in [2.24, 2.45) is 0 Å². The van der Waals surface area contributed by atoms with Crippen LogP contribution in [0.4, 0.5) is 13.2 Å². The lowest BCUT2D eigenvalue weighted by atomic mass is 9.86. The minimum absolute atomic E-state index is 0.0769. The molecule has 1 aromatic carbocycles. The van der Waals surface area contributed by atoms with E-state index in [1.165, 1.54) is 0 Å². The summed E-state index contributed by atoms with van der Waals surface area (Å²) in [5, 5.41) is 0. The van der Waals surface area contributed by atoms with Crippen LogP contribution in [0.25, 0.3) is 0 Å². The number of rotatable bonds is 0. The predicted octanol–water partition coefficient (Wildman–Crippen LogP) is 3.43. The molecule has 1 saturated carbocycles. The highest BCUT2D eigenvalue weighted by Crippen LogP contribution is 2.58. The highest BCUT2D eigenvalue weighted by atomic mass is 19.4. The summed E-state index contributed by atoms with van der Waals surface area (Å²) >= 11 is 0. The van der Waals surface area contributed by atoms with Gasteiger partial charge in [-0.2, -0.15) is 13.2 Å². The zero-order valence-corrected chi connectivity index (χ0v) is 8.55. The fourth-order valence-corrected chi connectivity index (χ4v) is 2.47. The molecule has 1 heterocycles. The number of ether oxygens (including phenoxy) is 1. The van der Waals surface area contributed by atoms with Crippen LogP contribution in [0.15, 0.2) is 24.3 Å². The molecule has 0 saturated heterocycles. The monoisotopic (exact) mass is 228 g/mol. The molecule has 2 aliphatic rings. The largest absolute Gasteiger partial charge is 0.481 e. The second-order valence-corrected chi connectivity index (χ2v) is 4.63. The Morgan fingerprint density at radius 3 is 2.50 bits per heavy atom. The van der Waals surface area contributed by atoms with Crippen molar-refractivity contribution in [2.45, 2.75) is 37.0 Å². The third kappa shape index (κ3) is 1.39. The minimum Gasteiger partial charge on any atom is -0.481 e. The number of hydrogen-bond donors (Lipinski definition) is 0. The molecule has 0 amide bonds. The van der Waals surface area contributed by atoms with E-state index in [4.69, 9.17) is 4.74 Å². The van der Waals surface area contributed by atoms with Gasteiger partial charge in [0, 0.05) is 17.4 Å². The summed E-state index contributed by atoms with van der Waals surface area (Å²) in [5.41, 5.74) is 0.699. The van der Waals surface area contributed by atoms with Gasteiger partial charge in [-0.1, -0.05) is 18.2 Å². The Bertz CT molecular complexity index is 421. The molecule has 0 unspecified atom stereocenters. The van der Waals surface area contributed by atoms with E-state index in [1.54, 1.807) is 12.1 Å². The van der Waals surface area contributed by atoms with Crippen molar-refractivity contribution in [1.82, 2.24) is 0 Å². The summed E-state index contributed by atoms with van der Waals surface area (Å²) in [4.78, 5) is 0. The molecular formula is C12H11F3O. The Labute approximate surface area is 91.2 Å². The number of fused-ring (bicyclic) bond motifs is 2. The zero-order valence-electron chi connectivity index (χ0n) is 8.55. The fraction of sp³-hybridized carbons (Fsp3) is 0.500. The molecule has 4 heteroatoms. The molecular weight excluding hydrogens is 217 g/mol. The SMILES string of the molecule is FC(F)(F)[C@H]1CC2(CC2)c2ccccc2O1. The summed E-state index contributed by atoms with van der Waals surface area (Å²) in [5.74, 6) is 0.411. The van der Waals surface area contributed by atoms with Crippen molar-refractivity contribution in [3.8, 4) is 5.75 Å². The maximum atomic E-state index is 12.7. The van der Waals surface area contributed by atoms with Crippen molar-refractivity contribution in [3.05, 3.63) is 29.8 Å². The Kier molecular flexibility index (Phi) is 1.83. The van der Waals surface area contributed by atoms with Gasteiger partial charge in [0.15, 0.2) is 6.10 Å². The van der Waals surface area contributed by atoms with Gasteiger partial charge < -0.3 is 4.74 Å². The lowest BCUT2D eigenvalue weighted by Gasteiger charge is -2.33. The van der Waals surface area contributed by atoms with Crippen LogP contribution in [0.3, 0.4) is 0 Å². The zero-order chi connectivity index (χ0) is 11.4. The van der Waals surface area contributed by atoms with Crippen molar-refractivity contribution >= 4 is 0 Å². The molecule has 0 N–H and O–H groups in total. The Morgan fingerprint density at radius 1 is 1.19 bits per heavy atom. The number of halogens is 3. The number of para-hydroxylation sites is 1. The van der Waals surface area contributed by atoms with Gasteiger partial charge >= 0.3 is 6.18 Å². The van der Waals surface area contributed by atoms with E-state index in [0.717, 1.165) is 18.4 Å². The third-order valence-electron chi connectivity index (χ3n) is 3.52. The van der Waals surface area contributed by atoms with E-state index in [-0.39, 0.29) is 11.8 Å². The average Bonchev–Trinajstić information content (AvgIpc) is 2.97. The van der Waals surface area contributed by atoms with Gasteiger partial charge in [-0.05, 0) is 18.9 Å². The Hall–Kier alpha value is -1.19. The van der Waals surface area contributed by atoms with Crippen LogP contribution in [0.5, 0.6) is 5.75 Å². The van der Waals surface area contributed by atoms with Gasteiger partial charge in [0.2, 0.25) is 0 Å². The van der Waals surface area contributed by atoms with E-state index in [9.17, 15) is 13.2 Å². The van der Waals surface area contributed by atoms with Crippen LogP contribution in [-0.2, 0) is 5.41 Å². The summed E-state index contributed by atoms with van der Waals surface area (Å²) in [6.45, 7) is 0. The van der Waals surface area contributed by atoms with Gasteiger partial charge in [-0.25, -0.2) is 0 Å². The number of alkyl halides is 3. The molecule has 86 valence electrons. The Morgan fingerprint density at radius 2 is 1.88 bits per heavy atom. The third-order valence-corrected chi connectivity index (χ3v) is 3.52. The second-order valence-electron chi connectivity index (χ2n) is 4.63. The summed E-state index contributed by atoms with van der Waals surface area (Å²) in [6.07, 6.45) is -4.12. The first-order valence-electron chi connectivity index (χ1n) is 5.34. The van der Waals surface area contributed by atoms with E-state index in [2.05, 4.69) is 0 Å². The standard InChI is InChI=1S/C12H11F3O/c13-12(14,15)10-7-11(5-6-11)8-3-1-2-4-9(8)16-10/h1-4,10H,5-7H2/t10-/m1/s1. The van der Waals surface area contributed by atoms with Crippen LogP contribution < -0.4 is 4.74 Å². The molecule has 3 rings (SSSR count). The average molecular weight is 228 g/mol. The molecule has 0 bridgehead atoms. The lowest BCUT2D eigenvalue weighted by Crippen LogP contribution is -2.40. The van der Waals surface area contributed by atoms with Gasteiger partial charge in [-0.3, -0.25) is 0 Å². The maximum Gasteiger partial charge on any atom is 0.425 e. The van der Waals surface area contributed by atoms with E-state index in [1.807, 2.05) is 12.1 Å². The van der Waals surface area contributed by atoms with Gasteiger partial charge in [0.05, 0.1) is 0 Å². The molecule has 0 radical (unpaired) electrons. The van der Waals surface area contributed by atoms with Crippen LogP contribution in [-0.4, -0.2) is 12.3 Å². The van der Waals surface area contributed by atoms with E-state index < -0.39 is 12.3 Å². The normalized spacial score (nSPS) is 26.1. The smallest absolute Gasteiger partial charge is 0.425 e. The van der Waals surface area contributed by atoms with Crippen LogP contribution >= 0.6 is 0 Å². The van der Waals surface area contributed by atoms with Gasteiger partial charge in [-0.15, -0.1) is 0 Å². The first-order valence-corrected chi connectivity index (χ1v) is 5.34. The highest BCUT2D eigenvalue weighted by molar-refractivity contribution is 5.45. The number of hydrogen-bond acceptors (Lipinski definition) is 1. The van der Waals surface area contributed by atoms with Crippen molar-refractivity contribution < 1.29 is 17.9 Å². The molecule has 1 aliphatic carbocycles. The summed E-state index contributed by atoms with van der Waals surface area (Å²) in [7, 11) is 0. The molecule has 1 aliphatic heterocycles. The predicted molar refractivity (Wildman–Crippen MR) is 52.4 cm³/mol. The summed E-state index contributed by atoms with van der Waals surface area (Å²) in [6, 6.07) is 7.09. The molecule has 0 aromatic heterocycles. The van der Waals surface area contributed by atoms with Crippen molar-refractivity contribution in [2.75, 3.05) is 0 Å². The molecule has 1 atom stereocenters. The minimum atomic E-state index is -4.26. The van der Waals surface area contributed by atoms with Gasteiger partial charge in [0.25, 0.3) is 0 Å². The quantitative estimate of drug-likeness (QED) is 0.661. The maximum absolute atomic E-state index is 12.7. The Balaban J connectivity index is 2.01. The highest BCUT2D eigenvalue weighted by Gasteiger charge is 2.56. The summed E-state index contributed by atoms with van der Waals surface area (Å²) < 4.78 is 43.1. The van der Waals surface area contributed by atoms with E-state index >= 15 is 0 Å². The van der Waals surface area contributed by atoms with Gasteiger partial charge in [0.1, 0.15) is 5.75 Å². The van der Waals surface area contributed by atoms with Crippen LogP contribution in [0.2, 0.25) is 0 Å². The first-order chi connectivity index (χ1) is 7.51. The molecule has 16 heavy (non-hydrogen) atoms. The fourth-order valence-electron chi connectivity index (χ4n) is 2.47. The van der Waals surface area contributed by atoms with E-state index in [0.29, 0.717) is 5.75 Å². The van der Waals surface area contributed by atoms with Crippen LogP contribution in [0.1, 0.15) is 24.8 Å². The first kappa shape index (κ1) is 10.00. The van der Waals surface area contributed by atoms with Crippen molar-refractivity contribution in [1.29, 1.82) is 0 Å². The lowest BCUT2D eigenvalue weighted by molar-refractivity contribution is -0.202. The topological polar surface area (TPSA) is 9.23 Å². The van der Waals surface area contributed by atoms with Crippen molar-refractivity contribution in [3.63, 3.8) is 0 Å². The molecule has 1 fully saturated rings. The number of benzene rings is 1. The molecule has 1 aromatic rings. The molecule has 1 spiro atoms.